The van der Waals surface area contributed by atoms with E-state index in [4.69, 9.17) is 14.7 Å². The van der Waals surface area contributed by atoms with Crippen molar-refractivity contribution in [2.75, 3.05) is 56.2 Å². The number of hydrogen-bond acceptors (Lipinski definition) is 8. The fourth-order valence-electron chi connectivity index (χ4n) is 7.87. The van der Waals surface area contributed by atoms with Gasteiger partial charge in [0, 0.05) is 48.9 Å². The second kappa shape index (κ2) is 13.3. The van der Waals surface area contributed by atoms with E-state index in [0.717, 1.165) is 55.0 Å². The molecule has 1 aromatic heterocycles. The Morgan fingerprint density at radius 2 is 1.90 bits per heavy atom. The monoisotopic (exact) mass is 645 g/mol. The van der Waals surface area contributed by atoms with Crippen LogP contribution in [0.1, 0.15) is 41.6 Å². The van der Waals surface area contributed by atoms with Crippen molar-refractivity contribution in [1.29, 1.82) is 5.26 Å². The van der Waals surface area contributed by atoms with Crippen molar-refractivity contribution >= 4 is 28.4 Å². The Balaban J connectivity index is 1.26. The molecule has 3 aliphatic heterocycles. The van der Waals surface area contributed by atoms with E-state index >= 15 is 0 Å². The molecule has 2 fully saturated rings. The number of anilines is 2. The topological polar surface area (TPSA) is 109 Å². The van der Waals surface area contributed by atoms with Crippen molar-refractivity contribution < 1.29 is 14.6 Å². The molecule has 3 aromatic carbocycles. The summed E-state index contributed by atoms with van der Waals surface area (Å²) in [5.74, 6) is 0.795. The number of fused-ring (bicyclic) bond motifs is 2. The van der Waals surface area contributed by atoms with Crippen LogP contribution in [0.4, 0.5) is 16.3 Å². The Kier molecular flexibility index (Phi) is 8.80. The second-order valence-electron chi connectivity index (χ2n) is 13.6. The summed E-state index contributed by atoms with van der Waals surface area (Å²) in [6.07, 6.45) is 2.47. The SMILES string of the molecule is Cc1ccc2cccc(N3CCc4c(nc(OC[C@@H]5CCCN5C)nc4N4CCN(C(=O)O)[C@](CC#N)(Cc5ccccc5)C4)C3)c2c1. The van der Waals surface area contributed by atoms with Crippen LogP contribution in [-0.2, 0) is 19.4 Å². The minimum absolute atomic E-state index is 0.0730. The van der Waals surface area contributed by atoms with E-state index in [2.05, 4.69) is 71.1 Å². The molecule has 2 saturated heterocycles. The number of benzene rings is 3. The second-order valence-corrected chi connectivity index (χ2v) is 13.6. The Morgan fingerprint density at radius 1 is 1.04 bits per heavy atom. The van der Waals surface area contributed by atoms with Crippen LogP contribution in [0.15, 0.2) is 66.7 Å². The van der Waals surface area contributed by atoms with Crippen LogP contribution in [0.5, 0.6) is 6.01 Å². The zero-order valence-electron chi connectivity index (χ0n) is 27.8. The number of nitriles is 1. The summed E-state index contributed by atoms with van der Waals surface area (Å²) in [4.78, 5) is 31.1. The van der Waals surface area contributed by atoms with Gasteiger partial charge in [0.15, 0.2) is 0 Å². The minimum Gasteiger partial charge on any atom is -0.465 e. The molecular weight excluding hydrogens is 602 g/mol. The van der Waals surface area contributed by atoms with Crippen molar-refractivity contribution in [2.24, 2.45) is 0 Å². The number of hydrogen-bond donors (Lipinski definition) is 1. The summed E-state index contributed by atoms with van der Waals surface area (Å²) >= 11 is 0. The smallest absolute Gasteiger partial charge is 0.407 e. The molecule has 0 radical (unpaired) electrons. The molecule has 0 saturated carbocycles. The third-order valence-electron chi connectivity index (χ3n) is 10.4. The summed E-state index contributed by atoms with van der Waals surface area (Å²) in [5, 5.41) is 22.8. The number of aryl methyl sites for hydroxylation is 1. The highest BCUT2D eigenvalue weighted by Crippen LogP contribution is 2.37. The summed E-state index contributed by atoms with van der Waals surface area (Å²) in [5.41, 5.74) is 4.47. The summed E-state index contributed by atoms with van der Waals surface area (Å²) < 4.78 is 6.37. The van der Waals surface area contributed by atoms with Gasteiger partial charge in [0.05, 0.1) is 30.3 Å². The van der Waals surface area contributed by atoms with Gasteiger partial charge in [-0.3, -0.25) is 4.90 Å². The number of rotatable bonds is 8. The van der Waals surface area contributed by atoms with Gasteiger partial charge < -0.3 is 24.5 Å². The first kappa shape index (κ1) is 31.7. The van der Waals surface area contributed by atoms with Crippen molar-refractivity contribution in [2.45, 2.75) is 57.2 Å². The van der Waals surface area contributed by atoms with Crippen LogP contribution in [0.3, 0.4) is 0 Å². The van der Waals surface area contributed by atoms with E-state index < -0.39 is 11.6 Å². The molecule has 4 aromatic rings. The molecule has 48 heavy (non-hydrogen) atoms. The number of nitrogens with zero attached hydrogens (tertiary/aromatic N) is 7. The molecule has 0 aliphatic carbocycles. The average Bonchev–Trinajstić information content (AvgIpc) is 3.51. The van der Waals surface area contributed by atoms with Gasteiger partial charge in [-0.25, -0.2) is 4.79 Å². The van der Waals surface area contributed by atoms with Crippen LogP contribution in [0.25, 0.3) is 10.8 Å². The van der Waals surface area contributed by atoms with Crippen LogP contribution in [-0.4, -0.2) is 88.9 Å². The van der Waals surface area contributed by atoms with Crippen LogP contribution in [0.2, 0.25) is 0 Å². The molecule has 7 rings (SSSR count). The highest BCUT2D eigenvalue weighted by atomic mass is 16.5. The standard InChI is InChI=1S/C38H43N7O3/c1-27-13-14-29-10-6-12-34(32(29)22-27)43-19-15-31-33(24-43)40-36(48-25-30-11-7-18-42(30)2)41-35(31)44-20-21-45(37(46)47)38(26-44,16-17-39)23-28-8-4-3-5-9-28/h3-6,8-10,12-14,22,30H,7,11,15-16,18-21,23-26H2,1-2H3,(H,46,47)/t30-,38+/m0/s1. The van der Waals surface area contributed by atoms with E-state index in [-0.39, 0.29) is 13.0 Å². The predicted molar refractivity (Wildman–Crippen MR) is 187 cm³/mol. The maximum Gasteiger partial charge on any atom is 0.407 e. The van der Waals surface area contributed by atoms with Gasteiger partial charge >= 0.3 is 12.1 Å². The normalized spacial score (nSPS) is 21.3. The molecule has 4 heterocycles. The van der Waals surface area contributed by atoms with Crippen LogP contribution >= 0.6 is 0 Å². The molecule has 10 nitrogen and oxygen atoms in total. The lowest BCUT2D eigenvalue weighted by Gasteiger charge is -2.49. The highest BCUT2D eigenvalue weighted by molar-refractivity contribution is 5.95. The molecule has 0 spiro atoms. The van der Waals surface area contributed by atoms with Gasteiger partial charge in [-0.15, -0.1) is 0 Å². The van der Waals surface area contributed by atoms with Crippen molar-refractivity contribution in [1.82, 2.24) is 19.8 Å². The first-order valence-corrected chi connectivity index (χ1v) is 17.0. The lowest BCUT2D eigenvalue weighted by atomic mass is 9.83. The molecule has 0 bridgehead atoms. The Labute approximate surface area is 282 Å². The summed E-state index contributed by atoms with van der Waals surface area (Å²) in [6.45, 7) is 6.19. The Bertz CT molecular complexity index is 1840. The summed E-state index contributed by atoms with van der Waals surface area (Å²) in [7, 11) is 2.13. The predicted octanol–water partition coefficient (Wildman–Crippen LogP) is 5.67. The first-order valence-electron chi connectivity index (χ1n) is 17.0. The maximum atomic E-state index is 12.6. The Morgan fingerprint density at radius 3 is 2.67 bits per heavy atom. The fourth-order valence-corrected chi connectivity index (χ4v) is 7.87. The molecular formula is C38H43N7O3. The fraction of sp³-hybridized carbons (Fsp3) is 0.421. The zero-order valence-corrected chi connectivity index (χ0v) is 27.8. The Hall–Kier alpha value is -4.88. The summed E-state index contributed by atoms with van der Waals surface area (Å²) in [6, 6.07) is 25.9. The number of carbonyl (C=O) groups is 1. The van der Waals surface area contributed by atoms with Gasteiger partial charge in [0.25, 0.3) is 0 Å². The highest BCUT2D eigenvalue weighted by Gasteiger charge is 2.46. The van der Waals surface area contributed by atoms with E-state index in [1.54, 1.807) is 0 Å². The minimum atomic E-state index is -1.00. The number of aromatic nitrogens is 2. The average molecular weight is 646 g/mol. The third-order valence-corrected chi connectivity index (χ3v) is 10.4. The number of amides is 1. The molecule has 10 heteroatoms. The van der Waals surface area contributed by atoms with E-state index in [0.29, 0.717) is 44.7 Å². The van der Waals surface area contributed by atoms with Gasteiger partial charge in [-0.2, -0.15) is 15.2 Å². The molecule has 1 amide bonds. The maximum absolute atomic E-state index is 12.6. The molecule has 248 valence electrons. The van der Waals surface area contributed by atoms with E-state index in [1.165, 1.54) is 26.9 Å². The lowest BCUT2D eigenvalue weighted by Crippen LogP contribution is -2.65. The van der Waals surface area contributed by atoms with Gasteiger partial charge in [0.2, 0.25) is 0 Å². The van der Waals surface area contributed by atoms with E-state index in [1.807, 2.05) is 30.3 Å². The zero-order chi connectivity index (χ0) is 33.3. The van der Waals surface area contributed by atoms with Crippen molar-refractivity contribution in [3.8, 4) is 12.1 Å². The molecule has 2 atom stereocenters. The molecule has 1 N–H and O–H groups in total. The number of carboxylic acid groups (broad SMARTS) is 1. The number of likely N-dealkylation sites (tertiary alicyclic amines) is 1. The lowest BCUT2D eigenvalue weighted by molar-refractivity contribution is 0.0668. The van der Waals surface area contributed by atoms with Gasteiger partial charge in [-0.1, -0.05) is 60.2 Å². The van der Waals surface area contributed by atoms with Gasteiger partial charge in [0.1, 0.15) is 12.4 Å². The quantitative estimate of drug-likeness (QED) is 0.259. The molecule has 3 aliphatic rings. The number of likely N-dealkylation sites (N-methyl/N-ethyl adjacent to an activating group) is 1. The third kappa shape index (κ3) is 6.22. The van der Waals surface area contributed by atoms with Gasteiger partial charge in [-0.05, 0) is 69.3 Å². The number of piperazine rings is 1. The van der Waals surface area contributed by atoms with Crippen molar-refractivity contribution in [3.05, 3.63) is 89.1 Å². The van der Waals surface area contributed by atoms with Crippen LogP contribution in [0, 0.1) is 18.3 Å². The molecule has 0 unspecified atom stereocenters. The largest absolute Gasteiger partial charge is 0.465 e. The van der Waals surface area contributed by atoms with E-state index in [9.17, 15) is 15.2 Å². The van der Waals surface area contributed by atoms with Crippen LogP contribution < -0.4 is 14.5 Å². The first-order chi connectivity index (χ1) is 23.3. The number of ether oxygens (including phenoxy) is 1. The van der Waals surface area contributed by atoms with Crippen molar-refractivity contribution in [3.63, 3.8) is 0 Å².